The van der Waals surface area contributed by atoms with E-state index in [9.17, 15) is 4.79 Å². The summed E-state index contributed by atoms with van der Waals surface area (Å²) in [5, 5.41) is 11.0. The molecule has 0 aromatic heterocycles. The van der Waals surface area contributed by atoms with Crippen molar-refractivity contribution in [2.45, 2.75) is 135 Å². The maximum absolute atomic E-state index is 12.9. The van der Waals surface area contributed by atoms with Crippen molar-refractivity contribution in [2.24, 2.45) is 0 Å². The number of esters is 1. The van der Waals surface area contributed by atoms with E-state index in [4.69, 9.17) is 4.74 Å². The van der Waals surface area contributed by atoms with Crippen LogP contribution in [0.15, 0.2) is 0 Å². The van der Waals surface area contributed by atoms with Gasteiger partial charge < -0.3 is 20.7 Å². The summed E-state index contributed by atoms with van der Waals surface area (Å²) in [5.41, 5.74) is 0.0747. The zero-order valence-corrected chi connectivity index (χ0v) is 19.1. The van der Waals surface area contributed by atoms with Crippen molar-refractivity contribution in [2.75, 3.05) is 0 Å². The van der Waals surface area contributed by atoms with E-state index in [0.717, 1.165) is 32.1 Å². The molecule has 158 valence electrons. The van der Waals surface area contributed by atoms with E-state index in [1.807, 2.05) is 0 Å². The molecular formula is C22H43N3O2. The van der Waals surface area contributed by atoms with Crippen molar-refractivity contribution in [3.05, 3.63) is 0 Å². The van der Waals surface area contributed by atoms with Crippen LogP contribution in [-0.2, 0) is 9.53 Å². The molecule has 2 rings (SSSR count). The Morgan fingerprint density at radius 1 is 0.889 bits per heavy atom. The monoisotopic (exact) mass is 381 g/mol. The fourth-order valence-electron chi connectivity index (χ4n) is 5.64. The number of hydrogen-bond donors (Lipinski definition) is 3. The summed E-state index contributed by atoms with van der Waals surface area (Å²) >= 11 is 0. The summed E-state index contributed by atoms with van der Waals surface area (Å²) in [4.78, 5) is 12.9. The van der Waals surface area contributed by atoms with Crippen LogP contribution >= 0.6 is 0 Å². The van der Waals surface area contributed by atoms with Crippen LogP contribution in [0.1, 0.15) is 94.4 Å². The smallest absolute Gasteiger partial charge is 0.323 e. The van der Waals surface area contributed by atoms with Crippen molar-refractivity contribution in [3.63, 3.8) is 0 Å². The van der Waals surface area contributed by atoms with E-state index in [0.29, 0.717) is 6.04 Å². The maximum atomic E-state index is 12.9. The van der Waals surface area contributed by atoms with Crippen LogP contribution < -0.4 is 16.0 Å². The quantitative estimate of drug-likeness (QED) is 0.636. The molecule has 2 aliphatic rings. The molecule has 5 nitrogen and oxygen atoms in total. The highest BCUT2D eigenvalue weighted by molar-refractivity contribution is 5.76. The summed E-state index contributed by atoms with van der Waals surface area (Å²) in [6, 6.07) is 0.0791. The van der Waals surface area contributed by atoms with Crippen molar-refractivity contribution in [3.8, 4) is 0 Å². The Labute approximate surface area is 166 Å². The Morgan fingerprint density at radius 3 is 1.70 bits per heavy atom. The van der Waals surface area contributed by atoms with Crippen LogP contribution in [-0.4, -0.2) is 46.3 Å². The molecule has 0 bridgehead atoms. The first-order valence-electron chi connectivity index (χ1n) is 10.7. The Bertz CT molecular complexity index is 508. The van der Waals surface area contributed by atoms with E-state index in [2.05, 4.69) is 78.3 Å². The van der Waals surface area contributed by atoms with E-state index in [-0.39, 0.29) is 40.3 Å². The average Bonchev–Trinajstić information content (AvgIpc) is 2.37. The Kier molecular flexibility index (Phi) is 6.41. The summed E-state index contributed by atoms with van der Waals surface area (Å²) in [6.45, 7) is 19.7. The molecule has 0 saturated carbocycles. The SMILES string of the molecule is CCC(NC1CC(C)(C)NC(C)(C)C1)C(=O)OC1CC(C)(C)NC(C)(C)C1. The average molecular weight is 382 g/mol. The molecule has 2 aliphatic heterocycles. The third-order valence-electron chi connectivity index (χ3n) is 5.76. The van der Waals surface area contributed by atoms with E-state index >= 15 is 0 Å². The standard InChI is InChI=1S/C22H43N3O2/c1-10-17(23-15-11-19(2,3)24-20(4,5)12-15)18(26)27-16-13-21(6,7)25-22(8,9)14-16/h15-17,23-25H,10-14H2,1-9H3. The molecule has 0 aromatic rings. The molecule has 5 heteroatoms. The second-order valence-corrected chi connectivity index (χ2v) is 11.5. The van der Waals surface area contributed by atoms with Gasteiger partial charge in [0.15, 0.2) is 0 Å². The number of ether oxygens (including phenoxy) is 1. The van der Waals surface area contributed by atoms with Crippen LogP contribution in [0.5, 0.6) is 0 Å². The van der Waals surface area contributed by atoms with Gasteiger partial charge >= 0.3 is 5.97 Å². The molecule has 1 unspecified atom stereocenters. The lowest BCUT2D eigenvalue weighted by atomic mass is 9.79. The molecule has 2 heterocycles. The molecule has 2 fully saturated rings. The molecule has 0 aromatic carbocycles. The maximum Gasteiger partial charge on any atom is 0.323 e. The largest absolute Gasteiger partial charge is 0.461 e. The molecule has 27 heavy (non-hydrogen) atoms. The summed E-state index contributed by atoms with van der Waals surface area (Å²) < 4.78 is 6.00. The first-order chi connectivity index (χ1) is 12.1. The minimum absolute atomic E-state index is 0.0229. The molecule has 1 atom stereocenters. The van der Waals surface area contributed by atoms with Crippen LogP contribution in [0, 0.1) is 0 Å². The molecule has 0 radical (unpaired) electrons. The number of hydrogen-bond acceptors (Lipinski definition) is 5. The van der Waals surface area contributed by atoms with Crippen molar-refractivity contribution in [1.82, 2.24) is 16.0 Å². The van der Waals surface area contributed by atoms with Crippen molar-refractivity contribution >= 4 is 5.97 Å². The van der Waals surface area contributed by atoms with E-state index in [1.165, 1.54) is 0 Å². The van der Waals surface area contributed by atoms with Crippen LogP contribution in [0.3, 0.4) is 0 Å². The van der Waals surface area contributed by atoms with Crippen molar-refractivity contribution < 1.29 is 9.53 Å². The third kappa shape index (κ3) is 6.72. The number of carbonyl (C=O) groups is 1. The molecule has 0 aliphatic carbocycles. The third-order valence-corrected chi connectivity index (χ3v) is 5.76. The van der Waals surface area contributed by atoms with Gasteiger partial charge in [-0.15, -0.1) is 0 Å². The van der Waals surface area contributed by atoms with Gasteiger partial charge in [0.05, 0.1) is 0 Å². The first-order valence-corrected chi connectivity index (χ1v) is 10.7. The number of piperidine rings is 2. The normalized spacial score (nSPS) is 28.5. The molecule has 3 N–H and O–H groups in total. The van der Waals surface area contributed by atoms with Gasteiger partial charge in [-0.05, 0) is 74.7 Å². The number of nitrogens with one attached hydrogen (secondary N) is 3. The van der Waals surface area contributed by atoms with Gasteiger partial charge in [-0.25, -0.2) is 0 Å². The fourth-order valence-corrected chi connectivity index (χ4v) is 5.64. The summed E-state index contributed by atoms with van der Waals surface area (Å²) in [6.07, 6.45) is 4.45. The van der Waals surface area contributed by atoms with Gasteiger partial charge in [0, 0.05) is 41.0 Å². The van der Waals surface area contributed by atoms with E-state index in [1.54, 1.807) is 0 Å². The van der Waals surface area contributed by atoms with Gasteiger partial charge in [-0.2, -0.15) is 0 Å². The van der Waals surface area contributed by atoms with Gasteiger partial charge in [-0.1, -0.05) is 6.92 Å². The Balaban J connectivity index is 1.99. The minimum Gasteiger partial charge on any atom is -0.461 e. The predicted molar refractivity (Wildman–Crippen MR) is 112 cm³/mol. The number of carbonyl (C=O) groups excluding carboxylic acids is 1. The van der Waals surface area contributed by atoms with Gasteiger partial charge in [0.25, 0.3) is 0 Å². The van der Waals surface area contributed by atoms with Crippen molar-refractivity contribution in [1.29, 1.82) is 0 Å². The Morgan fingerprint density at radius 2 is 1.30 bits per heavy atom. The lowest BCUT2D eigenvalue weighted by molar-refractivity contribution is -0.156. The molecular weight excluding hydrogens is 338 g/mol. The lowest BCUT2D eigenvalue weighted by Crippen LogP contribution is -2.63. The molecule has 2 saturated heterocycles. The highest BCUT2D eigenvalue weighted by Gasteiger charge is 2.41. The molecule has 0 spiro atoms. The van der Waals surface area contributed by atoms with Crippen LogP contribution in [0.2, 0.25) is 0 Å². The lowest BCUT2D eigenvalue weighted by Gasteiger charge is -2.48. The van der Waals surface area contributed by atoms with Crippen LogP contribution in [0.4, 0.5) is 0 Å². The van der Waals surface area contributed by atoms with Gasteiger partial charge in [-0.3, -0.25) is 4.79 Å². The first kappa shape index (κ1) is 22.6. The topological polar surface area (TPSA) is 62.4 Å². The zero-order chi connectivity index (χ0) is 20.7. The fraction of sp³-hybridized carbons (Fsp3) is 0.955. The van der Waals surface area contributed by atoms with Gasteiger partial charge in [0.1, 0.15) is 12.1 Å². The summed E-state index contributed by atoms with van der Waals surface area (Å²) in [5.74, 6) is -0.0925. The Hall–Kier alpha value is -0.650. The highest BCUT2D eigenvalue weighted by Crippen LogP contribution is 2.31. The predicted octanol–water partition coefficient (Wildman–Crippen LogP) is 3.52. The molecule has 0 amide bonds. The zero-order valence-electron chi connectivity index (χ0n) is 19.1. The minimum atomic E-state index is -0.235. The highest BCUT2D eigenvalue weighted by atomic mass is 16.5. The number of rotatable bonds is 5. The van der Waals surface area contributed by atoms with Gasteiger partial charge in [0.2, 0.25) is 0 Å². The second-order valence-electron chi connectivity index (χ2n) is 11.5. The summed E-state index contributed by atoms with van der Waals surface area (Å²) in [7, 11) is 0. The second kappa shape index (κ2) is 7.64. The van der Waals surface area contributed by atoms with E-state index < -0.39 is 0 Å². The van der Waals surface area contributed by atoms with Crippen LogP contribution in [0.25, 0.3) is 0 Å².